The molecule has 98 valence electrons. The lowest BCUT2D eigenvalue weighted by Crippen LogP contribution is -2.35. The molecule has 1 unspecified atom stereocenters. The first-order valence-electron chi connectivity index (χ1n) is 6.09. The van der Waals surface area contributed by atoms with Gasteiger partial charge in [0.1, 0.15) is 0 Å². The summed E-state index contributed by atoms with van der Waals surface area (Å²) >= 11 is 5.35. The summed E-state index contributed by atoms with van der Waals surface area (Å²) in [5, 5.41) is 2.09. The van der Waals surface area contributed by atoms with Crippen LogP contribution in [0.4, 0.5) is 0 Å². The predicted molar refractivity (Wildman–Crippen MR) is 83.2 cm³/mol. The van der Waals surface area contributed by atoms with E-state index in [0.29, 0.717) is 5.96 Å². The van der Waals surface area contributed by atoms with Gasteiger partial charge in [-0.25, -0.2) is 0 Å². The number of halogens is 1. The normalized spacial score (nSPS) is 18.7. The molecule has 19 heavy (non-hydrogen) atoms. The van der Waals surface area contributed by atoms with Gasteiger partial charge in [-0.1, -0.05) is 30.3 Å². The zero-order chi connectivity index (χ0) is 13.2. The highest BCUT2D eigenvalue weighted by Crippen LogP contribution is 2.35. The fourth-order valence-corrected chi connectivity index (χ4v) is 4.01. The maximum absolute atomic E-state index is 6.04. The molecule has 0 saturated heterocycles. The van der Waals surface area contributed by atoms with Crippen molar-refractivity contribution < 1.29 is 0 Å². The lowest BCUT2D eigenvalue weighted by atomic mass is 10.1. The van der Waals surface area contributed by atoms with Gasteiger partial charge in [0, 0.05) is 15.9 Å². The van der Waals surface area contributed by atoms with E-state index in [-0.39, 0.29) is 6.04 Å². The van der Waals surface area contributed by atoms with Crippen LogP contribution in [-0.2, 0) is 6.54 Å². The summed E-state index contributed by atoms with van der Waals surface area (Å²) in [5.41, 5.74) is 7.29. The van der Waals surface area contributed by atoms with Crippen molar-refractivity contribution in [3.8, 4) is 0 Å². The molecule has 0 saturated carbocycles. The highest BCUT2D eigenvalue weighted by Gasteiger charge is 2.29. The van der Waals surface area contributed by atoms with Gasteiger partial charge in [0.05, 0.1) is 12.6 Å². The third-order valence-electron chi connectivity index (χ3n) is 3.24. The van der Waals surface area contributed by atoms with E-state index in [2.05, 4.69) is 61.5 Å². The molecule has 3 rings (SSSR count). The van der Waals surface area contributed by atoms with E-state index in [4.69, 9.17) is 5.73 Å². The third-order valence-corrected chi connectivity index (χ3v) is 5.21. The maximum Gasteiger partial charge on any atom is 0.192 e. The topological polar surface area (TPSA) is 41.6 Å². The quantitative estimate of drug-likeness (QED) is 0.934. The predicted octanol–water partition coefficient (Wildman–Crippen LogP) is 3.38. The summed E-state index contributed by atoms with van der Waals surface area (Å²) < 4.78 is 1.14. The van der Waals surface area contributed by atoms with Crippen molar-refractivity contribution in [2.75, 3.05) is 6.54 Å². The lowest BCUT2D eigenvalue weighted by Gasteiger charge is -2.26. The van der Waals surface area contributed by atoms with E-state index in [1.807, 2.05) is 6.07 Å². The van der Waals surface area contributed by atoms with E-state index in [9.17, 15) is 0 Å². The fraction of sp³-hybridized carbons (Fsp3) is 0.214. The zero-order valence-corrected chi connectivity index (χ0v) is 12.7. The molecule has 0 amide bonds. The Kier molecular flexibility index (Phi) is 3.57. The lowest BCUT2D eigenvalue weighted by molar-refractivity contribution is 0.344. The third kappa shape index (κ3) is 2.53. The molecule has 2 N–H and O–H groups in total. The first-order chi connectivity index (χ1) is 9.25. The van der Waals surface area contributed by atoms with E-state index in [1.54, 1.807) is 11.3 Å². The molecule has 1 atom stereocenters. The van der Waals surface area contributed by atoms with E-state index in [0.717, 1.165) is 17.6 Å². The van der Waals surface area contributed by atoms with Crippen LogP contribution in [0.25, 0.3) is 0 Å². The highest BCUT2D eigenvalue weighted by molar-refractivity contribution is 9.10. The maximum atomic E-state index is 6.04. The SMILES string of the molecule is NC1=NCC(c2sccc2Br)N1Cc1ccccc1. The first-order valence-corrected chi connectivity index (χ1v) is 7.76. The van der Waals surface area contributed by atoms with Crippen LogP contribution < -0.4 is 5.73 Å². The summed E-state index contributed by atoms with van der Waals surface area (Å²) in [6, 6.07) is 12.7. The second-order valence-electron chi connectivity index (χ2n) is 4.46. The number of benzene rings is 1. The number of hydrogen-bond donors (Lipinski definition) is 1. The average Bonchev–Trinajstić information content (AvgIpc) is 2.99. The number of nitrogens with zero attached hydrogens (tertiary/aromatic N) is 2. The number of rotatable bonds is 3. The van der Waals surface area contributed by atoms with Crippen LogP contribution in [0.2, 0.25) is 0 Å². The summed E-state index contributed by atoms with van der Waals surface area (Å²) in [5.74, 6) is 0.633. The Morgan fingerprint density at radius 1 is 1.32 bits per heavy atom. The molecule has 1 aliphatic rings. The Labute approximate surface area is 124 Å². The van der Waals surface area contributed by atoms with Gasteiger partial charge in [0.2, 0.25) is 0 Å². The summed E-state index contributed by atoms with van der Waals surface area (Å²) in [6.45, 7) is 1.53. The molecule has 2 heterocycles. The molecule has 0 aliphatic carbocycles. The molecule has 1 aromatic heterocycles. The molecule has 0 bridgehead atoms. The Balaban J connectivity index is 1.85. The Morgan fingerprint density at radius 2 is 2.11 bits per heavy atom. The Morgan fingerprint density at radius 3 is 2.79 bits per heavy atom. The number of aliphatic imine (C=N–C) groups is 1. The van der Waals surface area contributed by atoms with Crippen molar-refractivity contribution in [3.63, 3.8) is 0 Å². The van der Waals surface area contributed by atoms with Crippen LogP contribution in [0.1, 0.15) is 16.5 Å². The zero-order valence-electron chi connectivity index (χ0n) is 10.3. The van der Waals surface area contributed by atoms with Gasteiger partial charge >= 0.3 is 0 Å². The second-order valence-corrected chi connectivity index (χ2v) is 6.26. The molecule has 3 nitrogen and oxygen atoms in total. The van der Waals surface area contributed by atoms with E-state index >= 15 is 0 Å². The highest BCUT2D eigenvalue weighted by atomic mass is 79.9. The van der Waals surface area contributed by atoms with Crippen LogP contribution >= 0.6 is 27.3 Å². The van der Waals surface area contributed by atoms with Gasteiger partial charge in [-0.15, -0.1) is 11.3 Å². The minimum absolute atomic E-state index is 0.245. The van der Waals surface area contributed by atoms with Gasteiger partial charge < -0.3 is 10.6 Å². The van der Waals surface area contributed by atoms with Crippen molar-refractivity contribution in [1.29, 1.82) is 0 Å². The largest absolute Gasteiger partial charge is 0.370 e. The van der Waals surface area contributed by atoms with Crippen LogP contribution in [-0.4, -0.2) is 17.4 Å². The van der Waals surface area contributed by atoms with Gasteiger partial charge in [0.15, 0.2) is 5.96 Å². The number of hydrogen-bond acceptors (Lipinski definition) is 4. The van der Waals surface area contributed by atoms with Crippen LogP contribution in [0.15, 0.2) is 51.2 Å². The second kappa shape index (κ2) is 5.35. The number of thiophene rings is 1. The smallest absolute Gasteiger partial charge is 0.192 e. The van der Waals surface area contributed by atoms with Gasteiger partial charge in [0.25, 0.3) is 0 Å². The Hall–Kier alpha value is -1.33. The van der Waals surface area contributed by atoms with Crippen molar-refractivity contribution in [3.05, 3.63) is 56.7 Å². The van der Waals surface area contributed by atoms with Gasteiger partial charge in [-0.3, -0.25) is 4.99 Å². The molecule has 0 spiro atoms. The summed E-state index contributed by atoms with van der Waals surface area (Å²) in [4.78, 5) is 7.86. The van der Waals surface area contributed by atoms with Crippen molar-refractivity contribution in [2.45, 2.75) is 12.6 Å². The number of nitrogens with two attached hydrogens (primary N) is 1. The van der Waals surface area contributed by atoms with Crippen molar-refractivity contribution >= 4 is 33.2 Å². The molecule has 0 radical (unpaired) electrons. The molecular weight excluding hydrogens is 322 g/mol. The standard InChI is InChI=1S/C14H14BrN3S/c15-11-6-7-19-13(11)12-8-17-14(16)18(12)9-10-4-2-1-3-5-10/h1-7,12H,8-9H2,(H2,16,17). The Bertz CT molecular complexity index is 594. The van der Waals surface area contributed by atoms with Crippen molar-refractivity contribution in [1.82, 2.24) is 4.90 Å². The average molecular weight is 336 g/mol. The van der Waals surface area contributed by atoms with Crippen LogP contribution in [0.5, 0.6) is 0 Å². The minimum Gasteiger partial charge on any atom is -0.370 e. The fourth-order valence-electron chi connectivity index (χ4n) is 2.27. The minimum atomic E-state index is 0.245. The molecule has 1 aromatic carbocycles. The van der Waals surface area contributed by atoms with Gasteiger partial charge in [-0.05, 0) is 32.9 Å². The molecular formula is C14H14BrN3S. The first kappa shape index (κ1) is 12.7. The monoisotopic (exact) mass is 335 g/mol. The van der Waals surface area contributed by atoms with Crippen LogP contribution in [0, 0.1) is 0 Å². The van der Waals surface area contributed by atoms with Crippen LogP contribution in [0.3, 0.4) is 0 Å². The molecule has 1 aliphatic heterocycles. The molecule has 0 fully saturated rings. The van der Waals surface area contributed by atoms with Crippen molar-refractivity contribution in [2.24, 2.45) is 10.7 Å². The van der Waals surface area contributed by atoms with E-state index in [1.165, 1.54) is 10.4 Å². The van der Waals surface area contributed by atoms with Gasteiger partial charge in [-0.2, -0.15) is 0 Å². The molecule has 2 aromatic rings. The van der Waals surface area contributed by atoms with E-state index < -0.39 is 0 Å². The molecule has 5 heteroatoms. The summed E-state index contributed by atoms with van der Waals surface area (Å²) in [6.07, 6.45) is 0. The summed E-state index contributed by atoms with van der Waals surface area (Å²) in [7, 11) is 0. The number of guanidine groups is 1.